The van der Waals surface area contributed by atoms with Crippen LogP contribution in [0.5, 0.6) is 0 Å². The molecular weight excluding hydrogens is 204 g/mol. The Labute approximate surface area is 94.6 Å². The van der Waals surface area contributed by atoms with Crippen molar-refractivity contribution in [2.45, 2.75) is 12.8 Å². The van der Waals surface area contributed by atoms with Crippen LogP contribution in [0.4, 0.5) is 0 Å². The van der Waals surface area contributed by atoms with Crippen LogP contribution in [-0.2, 0) is 0 Å². The third-order valence-electron chi connectivity index (χ3n) is 3.07. The van der Waals surface area contributed by atoms with Gasteiger partial charge in [-0.2, -0.15) is 10.2 Å². The van der Waals surface area contributed by atoms with Crippen LogP contribution in [0.3, 0.4) is 0 Å². The molecule has 1 aliphatic heterocycles. The normalized spacial score (nSPS) is 17.4. The van der Waals surface area contributed by atoms with E-state index in [0.717, 1.165) is 32.5 Å². The highest BCUT2D eigenvalue weighted by Crippen LogP contribution is 2.17. The van der Waals surface area contributed by atoms with Gasteiger partial charge in [-0.25, -0.2) is 0 Å². The van der Waals surface area contributed by atoms with Crippen molar-refractivity contribution in [3.8, 4) is 0 Å². The summed E-state index contributed by atoms with van der Waals surface area (Å²) in [5.74, 6) is 0.616. The number of hydrogen-bond acceptors (Lipinski definition) is 4. The molecule has 1 saturated heterocycles. The Morgan fingerprint density at radius 1 is 1.44 bits per heavy atom. The van der Waals surface area contributed by atoms with Gasteiger partial charge >= 0.3 is 0 Å². The summed E-state index contributed by atoms with van der Waals surface area (Å²) in [6, 6.07) is 1.70. The summed E-state index contributed by atoms with van der Waals surface area (Å²) in [6.45, 7) is 2.31. The van der Waals surface area contributed by atoms with Gasteiger partial charge in [-0.05, 0) is 31.4 Å². The van der Waals surface area contributed by atoms with E-state index in [4.69, 9.17) is 5.73 Å². The molecule has 0 spiro atoms. The van der Waals surface area contributed by atoms with Crippen molar-refractivity contribution in [3.05, 3.63) is 24.0 Å². The second-order valence-corrected chi connectivity index (χ2v) is 4.10. The van der Waals surface area contributed by atoms with Crippen LogP contribution in [0.25, 0.3) is 0 Å². The predicted molar refractivity (Wildman–Crippen MR) is 59.7 cm³/mol. The Morgan fingerprint density at radius 2 is 2.19 bits per heavy atom. The number of nitrogens with two attached hydrogens (primary N) is 1. The first-order valence-corrected chi connectivity index (χ1v) is 5.57. The SMILES string of the molecule is NCC1CCN(C(=O)c2ccnnc2)CC1. The Hall–Kier alpha value is -1.49. The number of carbonyl (C=O) groups is 1. The van der Waals surface area contributed by atoms with Gasteiger partial charge < -0.3 is 10.6 Å². The predicted octanol–water partition coefficient (Wildman–Crippen LogP) is 0.287. The number of amides is 1. The van der Waals surface area contributed by atoms with Crippen molar-refractivity contribution in [3.63, 3.8) is 0 Å². The highest BCUT2D eigenvalue weighted by molar-refractivity contribution is 5.93. The molecule has 5 nitrogen and oxygen atoms in total. The molecule has 0 aromatic carbocycles. The average molecular weight is 220 g/mol. The summed E-state index contributed by atoms with van der Waals surface area (Å²) < 4.78 is 0. The van der Waals surface area contributed by atoms with Crippen molar-refractivity contribution >= 4 is 5.91 Å². The van der Waals surface area contributed by atoms with E-state index in [1.54, 1.807) is 12.3 Å². The Balaban J connectivity index is 1.97. The standard InChI is InChI=1S/C11H16N4O/c12-7-9-2-5-15(6-3-9)11(16)10-1-4-13-14-8-10/h1,4,8-9H,2-3,5-7,12H2. The fourth-order valence-corrected chi connectivity index (χ4v) is 1.97. The van der Waals surface area contributed by atoms with E-state index in [2.05, 4.69) is 10.2 Å². The number of rotatable bonds is 2. The van der Waals surface area contributed by atoms with Gasteiger partial charge in [0, 0.05) is 13.1 Å². The summed E-state index contributed by atoms with van der Waals surface area (Å²) in [6.07, 6.45) is 5.05. The molecule has 0 radical (unpaired) electrons. The van der Waals surface area contributed by atoms with Crippen molar-refractivity contribution in [2.75, 3.05) is 19.6 Å². The fraction of sp³-hybridized carbons (Fsp3) is 0.545. The molecule has 16 heavy (non-hydrogen) atoms. The van der Waals surface area contributed by atoms with Crippen LogP contribution < -0.4 is 5.73 Å². The lowest BCUT2D eigenvalue weighted by Gasteiger charge is -2.31. The Kier molecular flexibility index (Phi) is 3.46. The van der Waals surface area contributed by atoms with Gasteiger partial charge in [-0.3, -0.25) is 4.79 Å². The van der Waals surface area contributed by atoms with Crippen LogP contribution in [0.2, 0.25) is 0 Å². The van der Waals surface area contributed by atoms with Crippen LogP contribution in [0.1, 0.15) is 23.2 Å². The molecule has 0 unspecified atom stereocenters. The Morgan fingerprint density at radius 3 is 2.75 bits per heavy atom. The molecule has 2 N–H and O–H groups in total. The second kappa shape index (κ2) is 5.03. The van der Waals surface area contributed by atoms with Crippen molar-refractivity contribution in [2.24, 2.45) is 11.7 Å². The zero-order chi connectivity index (χ0) is 11.4. The quantitative estimate of drug-likeness (QED) is 0.777. The summed E-state index contributed by atoms with van der Waals surface area (Å²) >= 11 is 0. The largest absolute Gasteiger partial charge is 0.339 e. The number of piperidine rings is 1. The van der Waals surface area contributed by atoms with Crippen molar-refractivity contribution in [1.82, 2.24) is 15.1 Å². The molecule has 5 heteroatoms. The van der Waals surface area contributed by atoms with Gasteiger partial charge in [0.2, 0.25) is 0 Å². The summed E-state index contributed by atoms with van der Waals surface area (Å²) in [4.78, 5) is 13.9. The molecule has 0 saturated carbocycles. The van der Waals surface area contributed by atoms with Gasteiger partial charge in [0.15, 0.2) is 0 Å². The zero-order valence-electron chi connectivity index (χ0n) is 9.17. The fourth-order valence-electron chi connectivity index (χ4n) is 1.97. The maximum absolute atomic E-state index is 12.0. The molecule has 1 aromatic rings. The number of likely N-dealkylation sites (tertiary alicyclic amines) is 1. The first-order valence-electron chi connectivity index (χ1n) is 5.57. The number of nitrogens with zero attached hydrogens (tertiary/aromatic N) is 3. The summed E-state index contributed by atoms with van der Waals surface area (Å²) in [5.41, 5.74) is 6.23. The zero-order valence-corrected chi connectivity index (χ0v) is 9.17. The van der Waals surface area contributed by atoms with Gasteiger partial charge in [-0.1, -0.05) is 0 Å². The Bertz CT molecular complexity index is 346. The molecule has 86 valence electrons. The van der Waals surface area contributed by atoms with Crippen molar-refractivity contribution in [1.29, 1.82) is 0 Å². The van der Waals surface area contributed by atoms with E-state index in [9.17, 15) is 4.79 Å². The smallest absolute Gasteiger partial charge is 0.255 e. The summed E-state index contributed by atoms with van der Waals surface area (Å²) in [7, 11) is 0. The monoisotopic (exact) mass is 220 g/mol. The van der Waals surface area contributed by atoms with E-state index < -0.39 is 0 Å². The molecule has 2 rings (SSSR count). The first-order chi connectivity index (χ1) is 7.81. The lowest BCUT2D eigenvalue weighted by Crippen LogP contribution is -2.40. The van der Waals surface area contributed by atoms with Crippen LogP contribution in [0, 0.1) is 5.92 Å². The lowest BCUT2D eigenvalue weighted by molar-refractivity contribution is 0.0693. The lowest BCUT2D eigenvalue weighted by atomic mass is 9.97. The minimum absolute atomic E-state index is 0.0466. The van der Waals surface area contributed by atoms with E-state index >= 15 is 0 Å². The maximum atomic E-state index is 12.0. The van der Waals surface area contributed by atoms with Gasteiger partial charge in [0.05, 0.1) is 18.0 Å². The molecular formula is C11H16N4O. The van der Waals surface area contributed by atoms with E-state index in [1.807, 2.05) is 4.90 Å². The first kappa shape index (κ1) is 11.0. The van der Waals surface area contributed by atoms with Gasteiger partial charge in [0.1, 0.15) is 0 Å². The van der Waals surface area contributed by atoms with Gasteiger partial charge in [0.25, 0.3) is 5.91 Å². The number of carbonyl (C=O) groups excluding carboxylic acids is 1. The average Bonchev–Trinajstić information content (AvgIpc) is 2.39. The van der Waals surface area contributed by atoms with Crippen LogP contribution in [0.15, 0.2) is 18.5 Å². The molecule has 1 aliphatic rings. The molecule has 0 bridgehead atoms. The third-order valence-corrected chi connectivity index (χ3v) is 3.07. The molecule has 2 heterocycles. The molecule has 0 aliphatic carbocycles. The second-order valence-electron chi connectivity index (χ2n) is 4.10. The highest BCUT2D eigenvalue weighted by atomic mass is 16.2. The number of hydrogen-bond donors (Lipinski definition) is 1. The summed E-state index contributed by atoms with van der Waals surface area (Å²) in [5, 5.41) is 7.38. The topological polar surface area (TPSA) is 72.1 Å². The minimum Gasteiger partial charge on any atom is -0.339 e. The highest BCUT2D eigenvalue weighted by Gasteiger charge is 2.22. The van der Waals surface area contributed by atoms with E-state index in [0.29, 0.717) is 11.5 Å². The molecule has 1 amide bonds. The van der Waals surface area contributed by atoms with Crippen LogP contribution >= 0.6 is 0 Å². The van der Waals surface area contributed by atoms with Crippen molar-refractivity contribution < 1.29 is 4.79 Å². The van der Waals surface area contributed by atoms with Gasteiger partial charge in [-0.15, -0.1) is 0 Å². The van der Waals surface area contributed by atoms with E-state index in [-0.39, 0.29) is 5.91 Å². The molecule has 1 fully saturated rings. The minimum atomic E-state index is 0.0466. The molecule has 1 aromatic heterocycles. The van der Waals surface area contributed by atoms with Crippen LogP contribution in [-0.4, -0.2) is 40.6 Å². The van der Waals surface area contributed by atoms with E-state index in [1.165, 1.54) is 6.20 Å². The third kappa shape index (κ3) is 2.36. The number of aromatic nitrogens is 2. The maximum Gasteiger partial charge on any atom is 0.255 e. The molecule has 0 atom stereocenters.